The molecule has 5 heteroatoms. The summed E-state index contributed by atoms with van der Waals surface area (Å²) >= 11 is 3.49. The number of nitrogens with two attached hydrogens (primary N) is 1. The van der Waals surface area contributed by atoms with Crippen molar-refractivity contribution in [3.05, 3.63) is 16.9 Å². The van der Waals surface area contributed by atoms with Crippen LogP contribution in [-0.4, -0.2) is 35.6 Å². The van der Waals surface area contributed by atoms with E-state index in [4.69, 9.17) is 5.73 Å². The molecule has 3 N–H and O–H groups in total. The molecule has 0 amide bonds. The Labute approximate surface area is 111 Å². The van der Waals surface area contributed by atoms with E-state index in [0.717, 1.165) is 23.2 Å². The van der Waals surface area contributed by atoms with Gasteiger partial charge in [-0.15, -0.1) is 0 Å². The second-order valence-corrected chi connectivity index (χ2v) is 5.32. The molecule has 17 heavy (non-hydrogen) atoms. The van der Waals surface area contributed by atoms with Gasteiger partial charge in [0.05, 0.1) is 22.0 Å². The number of nitrogens with one attached hydrogen (secondary N) is 1. The quantitative estimate of drug-likeness (QED) is 0.899. The summed E-state index contributed by atoms with van der Waals surface area (Å²) < 4.78 is 0.936. The van der Waals surface area contributed by atoms with E-state index in [1.807, 2.05) is 0 Å². The fourth-order valence-electron chi connectivity index (χ4n) is 2.27. The van der Waals surface area contributed by atoms with Gasteiger partial charge < -0.3 is 16.0 Å². The number of aromatic nitrogens is 1. The number of nitrogen functional groups attached to an aromatic ring is 1. The molecule has 0 aliphatic carbocycles. The number of likely N-dealkylation sites (N-methyl/N-ethyl adjacent to an activating group) is 1. The Morgan fingerprint density at radius 3 is 3.12 bits per heavy atom. The van der Waals surface area contributed by atoms with Crippen LogP contribution in [0.15, 0.2) is 16.9 Å². The monoisotopic (exact) mass is 298 g/mol. The van der Waals surface area contributed by atoms with Crippen molar-refractivity contribution in [3.63, 3.8) is 0 Å². The lowest BCUT2D eigenvalue weighted by atomic mass is 10.1. The molecule has 1 atom stereocenters. The van der Waals surface area contributed by atoms with Crippen LogP contribution in [0.2, 0.25) is 0 Å². The predicted molar refractivity (Wildman–Crippen MR) is 75.1 cm³/mol. The molecular weight excluding hydrogens is 280 g/mol. The van der Waals surface area contributed by atoms with Gasteiger partial charge in [-0.1, -0.05) is 6.92 Å². The van der Waals surface area contributed by atoms with E-state index in [0.29, 0.717) is 11.7 Å². The van der Waals surface area contributed by atoms with Gasteiger partial charge in [0.15, 0.2) is 0 Å². The maximum absolute atomic E-state index is 5.94. The lowest BCUT2D eigenvalue weighted by molar-refractivity contribution is 0.227. The molecule has 2 rings (SSSR count). The maximum Gasteiger partial charge on any atom is 0.0752 e. The van der Waals surface area contributed by atoms with Crippen molar-refractivity contribution >= 4 is 27.3 Å². The van der Waals surface area contributed by atoms with Gasteiger partial charge in [-0.05, 0) is 41.9 Å². The SMILES string of the molecule is CCN1CCCC(Nc2c(N)cncc2Br)C1. The lowest BCUT2D eigenvalue weighted by Gasteiger charge is -2.33. The third-order valence-corrected chi connectivity index (χ3v) is 3.83. The van der Waals surface area contributed by atoms with Crippen molar-refractivity contribution in [1.29, 1.82) is 0 Å². The van der Waals surface area contributed by atoms with Crippen molar-refractivity contribution < 1.29 is 0 Å². The molecule has 0 radical (unpaired) electrons. The second-order valence-electron chi connectivity index (χ2n) is 4.46. The molecule has 1 fully saturated rings. The predicted octanol–water partition coefficient (Wildman–Crippen LogP) is 2.32. The molecule has 1 aliphatic rings. The Bertz CT molecular complexity index is 363. The number of piperidine rings is 1. The molecule has 1 aliphatic heterocycles. The number of halogens is 1. The highest BCUT2D eigenvalue weighted by Gasteiger charge is 2.19. The average Bonchev–Trinajstić information content (AvgIpc) is 2.34. The first-order chi connectivity index (χ1) is 8.20. The van der Waals surface area contributed by atoms with Crippen LogP contribution in [0.3, 0.4) is 0 Å². The lowest BCUT2D eigenvalue weighted by Crippen LogP contribution is -2.42. The summed E-state index contributed by atoms with van der Waals surface area (Å²) in [6.07, 6.45) is 5.91. The molecular formula is C12H19BrN4. The zero-order chi connectivity index (χ0) is 12.3. The molecule has 4 nitrogen and oxygen atoms in total. The van der Waals surface area contributed by atoms with E-state index in [9.17, 15) is 0 Å². The fraction of sp³-hybridized carbons (Fsp3) is 0.583. The van der Waals surface area contributed by atoms with Crippen LogP contribution in [0.4, 0.5) is 11.4 Å². The Balaban J connectivity index is 2.05. The first kappa shape index (κ1) is 12.6. The van der Waals surface area contributed by atoms with Crippen LogP contribution in [-0.2, 0) is 0 Å². The van der Waals surface area contributed by atoms with E-state index < -0.39 is 0 Å². The molecule has 2 heterocycles. The number of rotatable bonds is 3. The van der Waals surface area contributed by atoms with Gasteiger partial charge in [0.2, 0.25) is 0 Å². The summed E-state index contributed by atoms with van der Waals surface area (Å²) in [6, 6.07) is 0.477. The Kier molecular flexibility index (Phi) is 4.23. The van der Waals surface area contributed by atoms with E-state index in [-0.39, 0.29) is 0 Å². The van der Waals surface area contributed by atoms with Crippen LogP contribution in [0.1, 0.15) is 19.8 Å². The third-order valence-electron chi connectivity index (χ3n) is 3.23. The standard InChI is InChI=1S/C12H19BrN4/c1-2-17-5-3-4-9(8-17)16-12-10(13)6-15-7-11(12)14/h6-7,9H,2-5,8,14H2,1H3,(H,15,16). The molecule has 0 aromatic carbocycles. The zero-order valence-corrected chi connectivity index (χ0v) is 11.7. The fourth-order valence-corrected chi connectivity index (χ4v) is 2.73. The number of hydrogen-bond acceptors (Lipinski definition) is 4. The summed E-state index contributed by atoms with van der Waals surface area (Å²) in [5.74, 6) is 0. The van der Waals surface area contributed by atoms with Crippen molar-refractivity contribution in [2.45, 2.75) is 25.8 Å². The topological polar surface area (TPSA) is 54.2 Å². The Morgan fingerprint density at radius 2 is 2.41 bits per heavy atom. The molecule has 1 aromatic rings. The molecule has 1 saturated heterocycles. The van der Waals surface area contributed by atoms with Crippen molar-refractivity contribution in [2.75, 3.05) is 30.7 Å². The van der Waals surface area contributed by atoms with Gasteiger partial charge in [-0.25, -0.2) is 0 Å². The Hall–Kier alpha value is -0.810. The largest absolute Gasteiger partial charge is 0.396 e. The molecule has 0 spiro atoms. The van der Waals surface area contributed by atoms with Gasteiger partial charge in [-0.2, -0.15) is 0 Å². The van der Waals surface area contributed by atoms with E-state index >= 15 is 0 Å². The van der Waals surface area contributed by atoms with Crippen LogP contribution in [0.5, 0.6) is 0 Å². The summed E-state index contributed by atoms with van der Waals surface area (Å²) in [5.41, 5.74) is 7.61. The number of anilines is 2. The molecule has 94 valence electrons. The smallest absolute Gasteiger partial charge is 0.0752 e. The van der Waals surface area contributed by atoms with E-state index in [2.05, 4.69) is 38.1 Å². The molecule has 0 saturated carbocycles. The molecule has 1 aromatic heterocycles. The van der Waals surface area contributed by atoms with Crippen LogP contribution in [0.25, 0.3) is 0 Å². The van der Waals surface area contributed by atoms with Crippen LogP contribution in [0, 0.1) is 0 Å². The first-order valence-electron chi connectivity index (χ1n) is 6.08. The highest BCUT2D eigenvalue weighted by Crippen LogP contribution is 2.29. The summed E-state index contributed by atoms with van der Waals surface area (Å²) in [4.78, 5) is 6.51. The van der Waals surface area contributed by atoms with Crippen molar-refractivity contribution in [3.8, 4) is 0 Å². The summed E-state index contributed by atoms with van der Waals surface area (Å²) in [5, 5.41) is 3.53. The number of likely N-dealkylation sites (tertiary alicyclic amines) is 1. The second kappa shape index (κ2) is 5.69. The number of nitrogens with zero attached hydrogens (tertiary/aromatic N) is 2. The van der Waals surface area contributed by atoms with Gasteiger partial charge in [0.1, 0.15) is 0 Å². The van der Waals surface area contributed by atoms with Crippen molar-refractivity contribution in [1.82, 2.24) is 9.88 Å². The third kappa shape index (κ3) is 3.10. The molecule has 1 unspecified atom stereocenters. The minimum atomic E-state index is 0.477. The minimum Gasteiger partial charge on any atom is -0.396 e. The number of hydrogen-bond donors (Lipinski definition) is 2. The summed E-state index contributed by atoms with van der Waals surface area (Å²) in [6.45, 7) is 5.62. The summed E-state index contributed by atoms with van der Waals surface area (Å²) in [7, 11) is 0. The van der Waals surface area contributed by atoms with E-state index in [1.54, 1.807) is 12.4 Å². The highest BCUT2D eigenvalue weighted by molar-refractivity contribution is 9.10. The van der Waals surface area contributed by atoms with Gasteiger partial charge >= 0.3 is 0 Å². The van der Waals surface area contributed by atoms with Crippen LogP contribution < -0.4 is 11.1 Å². The highest BCUT2D eigenvalue weighted by atomic mass is 79.9. The van der Waals surface area contributed by atoms with Gasteiger partial charge in [0.25, 0.3) is 0 Å². The van der Waals surface area contributed by atoms with Gasteiger partial charge in [-0.3, -0.25) is 4.98 Å². The average molecular weight is 299 g/mol. The first-order valence-corrected chi connectivity index (χ1v) is 6.88. The number of pyridine rings is 1. The van der Waals surface area contributed by atoms with Gasteiger partial charge in [0, 0.05) is 18.8 Å². The van der Waals surface area contributed by atoms with Crippen molar-refractivity contribution in [2.24, 2.45) is 0 Å². The normalized spacial score (nSPS) is 21.4. The van der Waals surface area contributed by atoms with Crippen LogP contribution >= 0.6 is 15.9 Å². The minimum absolute atomic E-state index is 0.477. The maximum atomic E-state index is 5.94. The molecule has 0 bridgehead atoms. The Morgan fingerprint density at radius 1 is 1.59 bits per heavy atom. The zero-order valence-electron chi connectivity index (χ0n) is 10.1. The van der Waals surface area contributed by atoms with E-state index in [1.165, 1.54) is 19.4 Å².